The predicted octanol–water partition coefficient (Wildman–Crippen LogP) is 3.13. The molecule has 0 aromatic rings. The van der Waals surface area contributed by atoms with Crippen molar-refractivity contribution in [3.8, 4) is 0 Å². The first-order valence-corrected chi connectivity index (χ1v) is 5.93. The van der Waals surface area contributed by atoms with Crippen LogP contribution in [0.1, 0.15) is 40.5 Å². The van der Waals surface area contributed by atoms with Gasteiger partial charge in [0, 0.05) is 5.41 Å². The van der Waals surface area contributed by atoms with Crippen LogP contribution < -0.4 is 0 Å². The average Bonchev–Trinajstić information content (AvgIpc) is 2.61. The Bertz CT molecular complexity index is 276. The van der Waals surface area contributed by atoms with Crippen LogP contribution in [0, 0.1) is 11.3 Å². The fourth-order valence-electron chi connectivity index (χ4n) is 2.86. The van der Waals surface area contributed by atoms with Crippen LogP contribution in [-0.2, 0) is 9.47 Å². The topological polar surface area (TPSA) is 18.5 Å². The lowest BCUT2D eigenvalue weighted by Crippen LogP contribution is -2.49. The van der Waals surface area contributed by atoms with Gasteiger partial charge in [-0.15, -0.1) is 0 Å². The Morgan fingerprint density at radius 2 is 1.87 bits per heavy atom. The third-order valence-electron chi connectivity index (χ3n) is 4.45. The van der Waals surface area contributed by atoms with E-state index in [1.807, 2.05) is 0 Å². The maximum absolute atomic E-state index is 5.84. The first kappa shape index (κ1) is 11.2. The highest BCUT2D eigenvalue weighted by Crippen LogP contribution is 2.50. The Balaban J connectivity index is 2.26. The van der Waals surface area contributed by atoms with E-state index in [0.717, 1.165) is 19.6 Å². The molecule has 1 fully saturated rings. The van der Waals surface area contributed by atoms with E-state index in [9.17, 15) is 0 Å². The van der Waals surface area contributed by atoms with Gasteiger partial charge in [0.1, 0.15) is 0 Å². The first-order chi connectivity index (χ1) is 6.98. The minimum Gasteiger partial charge on any atom is -0.347 e. The zero-order valence-electron chi connectivity index (χ0n) is 10.3. The third kappa shape index (κ3) is 1.64. The van der Waals surface area contributed by atoms with E-state index in [4.69, 9.17) is 9.47 Å². The first-order valence-electron chi connectivity index (χ1n) is 5.93. The molecule has 0 N–H and O–H groups in total. The molecule has 1 saturated heterocycles. The maximum atomic E-state index is 5.84. The zero-order chi connectivity index (χ0) is 11.1. The smallest absolute Gasteiger partial charge is 0.171 e. The molecule has 2 aliphatic rings. The summed E-state index contributed by atoms with van der Waals surface area (Å²) < 4.78 is 11.7. The van der Waals surface area contributed by atoms with Crippen molar-refractivity contribution < 1.29 is 9.47 Å². The molecule has 2 atom stereocenters. The van der Waals surface area contributed by atoms with Crippen LogP contribution in [0.15, 0.2) is 11.6 Å². The fraction of sp³-hybridized carbons (Fsp3) is 0.846. The van der Waals surface area contributed by atoms with Crippen molar-refractivity contribution in [2.24, 2.45) is 11.3 Å². The van der Waals surface area contributed by atoms with Crippen molar-refractivity contribution in [3.05, 3.63) is 11.6 Å². The molecular formula is C13H22O2. The van der Waals surface area contributed by atoms with Crippen molar-refractivity contribution in [1.29, 1.82) is 0 Å². The lowest BCUT2D eigenvalue weighted by molar-refractivity contribution is -0.234. The molecule has 0 aromatic carbocycles. The van der Waals surface area contributed by atoms with Gasteiger partial charge in [0.2, 0.25) is 0 Å². The van der Waals surface area contributed by atoms with Gasteiger partial charge in [-0.2, -0.15) is 0 Å². The lowest BCUT2D eigenvalue weighted by Gasteiger charge is -2.47. The molecule has 2 heteroatoms. The Morgan fingerprint density at radius 3 is 2.40 bits per heavy atom. The highest BCUT2D eigenvalue weighted by molar-refractivity contribution is 5.13. The molecule has 2 rings (SSSR count). The Kier molecular flexibility index (Phi) is 2.68. The summed E-state index contributed by atoms with van der Waals surface area (Å²) in [6, 6.07) is 0. The van der Waals surface area contributed by atoms with Gasteiger partial charge in [-0.25, -0.2) is 0 Å². The van der Waals surface area contributed by atoms with Crippen molar-refractivity contribution in [2.75, 3.05) is 13.2 Å². The van der Waals surface area contributed by atoms with Gasteiger partial charge in [-0.05, 0) is 32.6 Å². The molecule has 1 heterocycles. The molecule has 0 bridgehead atoms. The summed E-state index contributed by atoms with van der Waals surface area (Å²) in [7, 11) is 0. The second-order valence-electron chi connectivity index (χ2n) is 5.36. The Morgan fingerprint density at radius 1 is 1.27 bits per heavy atom. The molecular weight excluding hydrogens is 188 g/mol. The van der Waals surface area contributed by atoms with E-state index in [2.05, 4.69) is 33.8 Å². The van der Waals surface area contributed by atoms with Crippen LogP contribution in [0.25, 0.3) is 0 Å². The number of hydrogen-bond acceptors (Lipinski definition) is 2. The largest absolute Gasteiger partial charge is 0.347 e. The van der Waals surface area contributed by atoms with Crippen LogP contribution in [0.5, 0.6) is 0 Å². The van der Waals surface area contributed by atoms with Crippen molar-refractivity contribution in [1.82, 2.24) is 0 Å². The molecule has 1 aliphatic heterocycles. The van der Waals surface area contributed by atoms with E-state index in [1.54, 1.807) is 0 Å². The van der Waals surface area contributed by atoms with Gasteiger partial charge in [0.05, 0.1) is 13.2 Å². The zero-order valence-corrected chi connectivity index (χ0v) is 10.3. The molecule has 0 amide bonds. The van der Waals surface area contributed by atoms with E-state index >= 15 is 0 Å². The average molecular weight is 210 g/mol. The second-order valence-corrected chi connectivity index (χ2v) is 5.36. The molecule has 15 heavy (non-hydrogen) atoms. The van der Waals surface area contributed by atoms with Gasteiger partial charge in [0.15, 0.2) is 5.79 Å². The van der Waals surface area contributed by atoms with E-state index in [-0.39, 0.29) is 11.2 Å². The van der Waals surface area contributed by atoms with Crippen molar-refractivity contribution >= 4 is 0 Å². The number of allylic oxidation sites excluding steroid dienone is 2. The van der Waals surface area contributed by atoms with Crippen LogP contribution in [0.2, 0.25) is 0 Å². The molecule has 0 radical (unpaired) electrons. The number of hydrogen-bond donors (Lipinski definition) is 0. The highest BCUT2D eigenvalue weighted by Gasteiger charge is 2.52. The molecule has 1 aliphatic carbocycles. The summed E-state index contributed by atoms with van der Waals surface area (Å²) in [4.78, 5) is 0. The SMILES string of the molecule is CC1=CC(C)C(C)(C2(C)OCCO2)CC1. The van der Waals surface area contributed by atoms with Gasteiger partial charge in [0.25, 0.3) is 0 Å². The summed E-state index contributed by atoms with van der Waals surface area (Å²) in [5, 5.41) is 0. The summed E-state index contributed by atoms with van der Waals surface area (Å²) in [5.74, 6) is 0.137. The van der Waals surface area contributed by atoms with E-state index in [0.29, 0.717) is 5.92 Å². The summed E-state index contributed by atoms with van der Waals surface area (Å²) >= 11 is 0. The standard InChI is InChI=1S/C13H22O2/c1-10-5-6-12(3,11(2)9-10)13(4)14-7-8-15-13/h9,11H,5-8H2,1-4H3. The van der Waals surface area contributed by atoms with Crippen LogP contribution in [0.4, 0.5) is 0 Å². The van der Waals surface area contributed by atoms with Crippen molar-refractivity contribution in [2.45, 2.75) is 46.3 Å². The Hall–Kier alpha value is -0.340. The van der Waals surface area contributed by atoms with E-state index in [1.165, 1.54) is 12.0 Å². The number of ether oxygens (including phenoxy) is 2. The molecule has 2 unspecified atom stereocenters. The van der Waals surface area contributed by atoms with E-state index < -0.39 is 0 Å². The van der Waals surface area contributed by atoms with Gasteiger partial charge < -0.3 is 9.47 Å². The normalized spacial score (nSPS) is 40.3. The quantitative estimate of drug-likeness (QED) is 0.619. The number of rotatable bonds is 1. The molecule has 0 spiro atoms. The minimum absolute atomic E-state index is 0.114. The molecule has 2 nitrogen and oxygen atoms in total. The fourth-order valence-corrected chi connectivity index (χ4v) is 2.86. The predicted molar refractivity (Wildman–Crippen MR) is 60.6 cm³/mol. The highest BCUT2D eigenvalue weighted by atomic mass is 16.7. The van der Waals surface area contributed by atoms with Crippen LogP contribution in [-0.4, -0.2) is 19.0 Å². The second kappa shape index (κ2) is 3.60. The molecule has 0 aromatic heterocycles. The van der Waals surface area contributed by atoms with Crippen molar-refractivity contribution in [3.63, 3.8) is 0 Å². The maximum Gasteiger partial charge on any atom is 0.171 e. The third-order valence-corrected chi connectivity index (χ3v) is 4.45. The molecule has 86 valence electrons. The minimum atomic E-state index is -0.385. The Labute approximate surface area is 92.6 Å². The summed E-state index contributed by atoms with van der Waals surface area (Å²) in [6.45, 7) is 10.4. The molecule has 0 saturated carbocycles. The summed E-state index contributed by atoms with van der Waals surface area (Å²) in [5.41, 5.74) is 1.62. The van der Waals surface area contributed by atoms with Crippen LogP contribution in [0.3, 0.4) is 0 Å². The van der Waals surface area contributed by atoms with Crippen LogP contribution >= 0.6 is 0 Å². The lowest BCUT2D eigenvalue weighted by atomic mass is 9.65. The monoisotopic (exact) mass is 210 g/mol. The van der Waals surface area contributed by atoms with Gasteiger partial charge in [-0.1, -0.05) is 25.5 Å². The van der Waals surface area contributed by atoms with Gasteiger partial charge in [-0.3, -0.25) is 0 Å². The summed E-state index contributed by atoms with van der Waals surface area (Å²) in [6.07, 6.45) is 4.70. The van der Waals surface area contributed by atoms with Gasteiger partial charge >= 0.3 is 0 Å².